The van der Waals surface area contributed by atoms with Crippen LogP contribution in [-0.2, 0) is 0 Å². The molecule has 4 N–H and O–H groups in total. The molecule has 0 fully saturated rings. The maximum absolute atomic E-state index is 11.8. The first-order valence-electron chi connectivity index (χ1n) is 5.32. The van der Waals surface area contributed by atoms with Crippen molar-refractivity contribution in [1.29, 1.82) is 0 Å². The first-order chi connectivity index (χ1) is 8.70. The molecule has 0 saturated heterocycles. The minimum atomic E-state index is -0.441. The van der Waals surface area contributed by atoms with E-state index in [4.69, 9.17) is 11.5 Å². The molecule has 0 aliphatic heterocycles. The molecular formula is C13H12N4O. The number of fused-ring (bicyclic) bond motifs is 1. The zero-order valence-electron chi connectivity index (χ0n) is 9.58. The van der Waals surface area contributed by atoms with E-state index < -0.39 is 5.91 Å². The van der Waals surface area contributed by atoms with Crippen molar-refractivity contribution in [1.82, 2.24) is 0 Å². The van der Waals surface area contributed by atoms with Crippen LogP contribution in [-0.4, -0.2) is 18.2 Å². The summed E-state index contributed by atoms with van der Waals surface area (Å²) in [6.45, 7) is 0. The van der Waals surface area contributed by atoms with Gasteiger partial charge in [-0.05, 0) is 22.9 Å². The van der Waals surface area contributed by atoms with E-state index >= 15 is 0 Å². The molecule has 0 aliphatic carbocycles. The highest BCUT2D eigenvalue weighted by molar-refractivity contribution is 6.05. The van der Waals surface area contributed by atoms with E-state index in [0.717, 1.165) is 17.1 Å². The van der Waals surface area contributed by atoms with Gasteiger partial charge < -0.3 is 11.5 Å². The summed E-state index contributed by atoms with van der Waals surface area (Å²) in [5.41, 5.74) is 10.9. The van der Waals surface area contributed by atoms with Gasteiger partial charge in [0.25, 0.3) is 5.91 Å². The van der Waals surface area contributed by atoms with Crippen LogP contribution in [0.2, 0.25) is 0 Å². The number of carbonyl (C=O) groups is 1. The first-order valence-corrected chi connectivity index (χ1v) is 5.32. The minimum absolute atomic E-state index is 0.157. The van der Waals surface area contributed by atoms with Crippen LogP contribution in [0.1, 0.15) is 10.4 Å². The molecule has 2 aromatic carbocycles. The van der Waals surface area contributed by atoms with Gasteiger partial charge in [0.15, 0.2) is 0 Å². The van der Waals surface area contributed by atoms with Crippen LogP contribution in [0, 0.1) is 0 Å². The number of hydrogen-bond donors (Lipinski definition) is 2. The first kappa shape index (κ1) is 11.8. The van der Waals surface area contributed by atoms with Crippen molar-refractivity contribution in [3.8, 4) is 0 Å². The van der Waals surface area contributed by atoms with Gasteiger partial charge in [-0.15, -0.1) is 0 Å². The van der Waals surface area contributed by atoms with Crippen molar-refractivity contribution < 1.29 is 4.79 Å². The highest BCUT2D eigenvalue weighted by atomic mass is 16.1. The lowest BCUT2D eigenvalue weighted by Crippen LogP contribution is -2.13. The van der Waals surface area contributed by atoms with Gasteiger partial charge in [-0.25, -0.2) is 4.99 Å². The molecule has 0 saturated carbocycles. The second-order valence-electron chi connectivity index (χ2n) is 3.62. The number of benzene rings is 2. The maximum atomic E-state index is 11.8. The lowest BCUT2D eigenvalue weighted by molar-refractivity contribution is 0.100. The molecule has 2 aromatic rings. The summed E-state index contributed by atoms with van der Waals surface area (Å²) < 4.78 is 0. The summed E-state index contributed by atoms with van der Waals surface area (Å²) in [6, 6.07) is 13.1. The van der Waals surface area contributed by atoms with E-state index in [9.17, 15) is 4.79 Å². The van der Waals surface area contributed by atoms with Crippen molar-refractivity contribution >= 4 is 29.0 Å². The maximum Gasteiger partial charge on any atom is 0.280 e. The third kappa shape index (κ3) is 2.52. The Morgan fingerprint density at radius 3 is 2.56 bits per heavy atom. The number of carbonyl (C=O) groups excluding carboxylic acids is 1. The summed E-state index contributed by atoms with van der Waals surface area (Å²) in [5, 5.41) is 2.03. The zero-order chi connectivity index (χ0) is 13.0. The van der Waals surface area contributed by atoms with Gasteiger partial charge in [0, 0.05) is 5.56 Å². The van der Waals surface area contributed by atoms with Crippen molar-refractivity contribution in [3.05, 3.63) is 48.0 Å². The fraction of sp³-hybridized carbons (Fsp3) is 0. The molecule has 0 unspecified atom stereocenters. The number of amides is 1. The molecule has 0 heterocycles. The summed E-state index contributed by atoms with van der Waals surface area (Å²) >= 11 is 0. The molecule has 0 aromatic heterocycles. The molecule has 0 bridgehead atoms. The van der Waals surface area contributed by atoms with Crippen LogP contribution in [0.15, 0.2) is 52.4 Å². The molecule has 0 spiro atoms. The third-order valence-corrected chi connectivity index (χ3v) is 2.42. The summed E-state index contributed by atoms with van der Waals surface area (Å²) in [5.74, 6) is -0.598. The second-order valence-corrected chi connectivity index (χ2v) is 3.62. The van der Waals surface area contributed by atoms with Crippen LogP contribution < -0.4 is 11.5 Å². The Labute approximate surface area is 104 Å². The Bertz CT molecular complexity index is 646. The average molecular weight is 240 g/mol. The van der Waals surface area contributed by atoms with Crippen LogP contribution in [0.25, 0.3) is 10.8 Å². The van der Waals surface area contributed by atoms with Gasteiger partial charge in [-0.3, -0.25) is 4.79 Å². The van der Waals surface area contributed by atoms with E-state index in [1.54, 1.807) is 12.1 Å². The third-order valence-electron chi connectivity index (χ3n) is 2.42. The Morgan fingerprint density at radius 1 is 1.11 bits per heavy atom. The number of hydrogen-bond acceptors (Lipinski definition) is 1. The minimum Gasteiger partial charge on any atom is -0.390 e. The molecule has 5 heteroatoms. The number of nitrogens with zero attached hydrogens (tertiary/aromatic N) is 2. The largest absolute Gasteiger partial charge is 0.390 e. The van der Waals surface area contributed by atoms with Crippen molar-refractivity contribution in [2.75, 3.05) is 0 Å². The topological polar surface area (TPSA) is 93.8 Å². The number of rotatable bonds is 1. The zero-order valence-corrected chi connectivity index (χ0v) is 9.58. The number of nitrogens with two attached hydrogens (primary N) is 2. The summed E-state index contributed by atoms with van der Waals surface area (Å²) in [6.07, 6.45) is 0.993. The van der Waals surface area contributed by atoms with Gasteiger partial charge in [-0.2, -0.15) is 4.99 Å². The predicted molar refractivity (Wildman–Crippen MR) is 72.6 cm³/mol. The molecule has 0 atom stereocenters. The fourth-order valence-corrected chi connectivity index (χ4v) is 1.60. The average Bonchev–Trinajstić information content (AvgIpc) is 2.38. The highest BCUT2D eigenvalue weighted by Gasteiger charge is 2.05. The van der Waals surface area contributed by atoms with Crippen LogP contribution >= 0.6 is 0 Å². The van der Waals surface area contributed by atoms with Crippen LogP contribution in [0.4, 0.5) is 0 Å². The van der Waals surface area contributed by atoms with Crippen molar-refractivity contribution in [3.63, 3.8) is 0 Å². The van der Waals surface area contributed by atoms with Gasteiger partial charge in [0.05, 0.1) is 6.34 Å². The van der Waals surface area contributed by atoms with Crippen LogP contribution in [0.5, 0.6) is 0 Å². The van der Waals surface area contributed by atoms with Gasteiger partial charge >= 0.3 is 0 Å². The predicted octanol–water partition coefficient (Wildman–Crippen LogP) is 1.28. The van der Waals surface area contributed by atoms with Gasteiger partial charge in [-0.1, -0.05) is 30.3 Å². The Balaban J connectivity index is 2.37. The van der Waals surface area contributed by atoms with Gasteiger partial charge in [0.2, 0.25) is 5.96 Å². The normalized spacial score (nSPS) is 12.1. The van der Waals surface area contributed by atoms with Crippen molar-refractivity contribution in [2.45, 2.75) is 0 Å². The molecule has 2 rings (SSSR count). The van der Waals surface area contributed by atoms with E-state index in [1.807, 2.05) is 30.3 Å². The molecule has 1 amide bonds. The quantitative estimate of drug-likeness (QED) is 0.580. The Hall–Kier alpha value is -2.69. The van der Waals surface area contributed by atoms with Gasteiger partial charge in [0.1, 0.15) is 0 Å². The molecule has 0 aliphatic rings. The smallest absolute Gasteiger partial charge is 0.280 e. The van der Waals surface area contributed by atoms with E-state index in [1.165, 1.54) is 0 Å². The number of aliphatic imine (C=N–C) groups is 2. The molecular weight excluding hydrogens is 228 g/mol. The fourth-order valence-electron chi connectivity index (χ4n) is 1.60. The standard InChI is InChI=1S/C13H12N4O/c14-8-16-13(15)17-12(18)11-6-5-9-3-1-2-4-10(9)7-11/h1-8H,(H4,14,15,16,17,18). The number of guanidine groups is 1. The monoisotopic (exact) mass is 240 g/mol. The Morgan fingerprint density at radius 2 is 1.83 bits per heavy atom. The lowest BCUT2D eigenvalue weighted by Gasteiger charge is -2.00. The van der Waals surface area contributed by atoms with E-state index in [-0.39, 0.29) is 5.96 Å². The van der Waals surface area contributed by atoms with Crippen molar-refractivity contribution in [2.24, 2.45) is 21.5 Å². The molecule has 5 nitrogen and oxygen atoms in total. The lowest BCUT2D eigenvalue weighted by atomic mass is 10.1. The molecule has 90 valence electrons. The molecule has 18 heavy (non-hydrogen) atoms. The van der Waals surface area contributed by atoms with E-state index in [2.05, 4.69) is 9.98 Å². The highest BCUT2D eigenvalue weighted by Crippen LogP contribution is 2.16. The molecule has 0 radical (unpaired) electrons. The second kappa shape index (κ2) is 5.09. The SMILES string of the molecule is N/C=N\C(N)=NC(=O)c1ccc2ccccc2c1. The summed E-state index contributed by atoms with van der Waals surface area (Å²) in [4.78, 5) is 18.9. The van der Waals surface area contributed by atoms with E-state index in [0.29, 0.717) is 5.56 Å². The Kier molecular flexibility index (Phi) is 3.33. The summed E-state index contributed by atoms with van der Waals surface area (Å²) in [7, 11) is 0. The van der Waals surface area contributed by atoms with Crippen LogP contribution in [0.3, 0.4) is 0 Å².